The standard InChI is InChI=1S/C37H35ClN2O6/c38-22-10-7-13-24(18-22)40-34(43)29-19-28-26(15-16-27-31(28)35(44)39(33(27)42)23-11-5-2-6-12-23)32(30-17-14-25(20-41)46-30)37(29,36(40)45)21-8-3-1-4-9-21/h1,3-4,7-10,13-15,17-18,23,27-29,31-32,41H,2,5-6,11-12,16,19-20H2/t27-,28+,29-,31-,32+,37+/m0/s1. The minimum Gasteiger partial charge on any atom is -0.463 e. The Morgan fingerprint density at radius 2 is 1.65 bits per heavy atom. The molecule has 8 rings (SSSR count). The molecule has 9 heteroatoms. The van der Waals surface area contributed by atoms with E-state index in [-0.39, 0.29) is 42.7 Å². The number of rotatable bonds is 5. The second kappa shape index (κ2) is 11.1. The lowest BCUT2D eigenvalue weighted by atomic mass is 9.50. The smallest absolute Gasteiger partial charge is 0.246 e. The number of imide groups is 2. The van der Waals surface area contributed by atoms with Crippen molar-refractivity contribution in [3.63, 3.8) is 0 Å². The van der Waals surface area contributed by atoms with Gasteiger partial charge in [-0.1, -0.05) is 78.9 Å². The van der Waals surface area contributed by atoms with Crippen LogP contribution in [0.25, 0.3) is 0 Å². The molecule has 4 fully saturated rings. The van der Waals surface area contributed by atoms with Gasteiger partial charge in [0.1, 0.15) is 23.5 Å². The molecule has 1 N–H and O–H groups in total. The van der Waals surface area contributed by atoms with Crippen molar-refractivity contribution >= 4 is 40.9 Å². The summed E-state index contributed by atoms with van der Waals surface area (Å²) in [7, 11) is 0. The van der Waals surface area contributed by atoms with Gasteiger partial charge in [0.15, 0.2) is 0 Å². The Morgan fingerprint density at radius 1 is 0.870 bits per heavy atom. The third kappa shape index (κ3) is 4.09. The molecule has 0 bridgehead atoms. The first-order chi connectivity index (χ1) is 22.4. The van der Waals surface area contributed by atoms with Crippen molar-refractivity contribution in [1.29, 1.82) is 0 Å². The predicted molar refractivity (Wildman–Crippen MR) is 169 cm³/mol. The number of fused-ring (bicyclic) bond motifs is 4. The molecular weight excluding hydrogens is 604 g/mol. The lowest BCUT2D eigenvalue weighted by Crippen LogP contribution is -2.53. The molecule has 4 amide bonds. The molecule has 1 aromatic heterocycles. The van der Waals surface area contributed by atoms with Gasteiger partial charge in [0.2, 0.25) is 23.6 Å². The Hall–Kier alpha value is -4.01. The Labute approximate surface area is 272 Å². The quantitative estimate of drug-likeness (QED) is 0.275. The maximum Gasteiger partial charge on any atom is 0.246 e. The van der Waals surface area contributed by atoms with E-state index < -0.39 is 35.0 Å². The van der Waals surface area contributed by atoms with Gasteiger partial charge in [0, 0.05) is 11.1 Å². The lowest BCUT2D eigenvalue weighted by Gasteiger charge is -2.49. The van der Waals surface area contributed by atoms with Gasteiger partial charge in [-0.3, -0.25) is 24.1 Å². The maximum atomic E-state index is 15.1. The summed E-state index contributed by atoms with van der Waals surface area (Å²) in [6, 6.07) is 19.4. The van der Waals surface area contributed by atoms with Gasteiger partial charge < -0.3 is 9.52 Å². The molecule has 0 unspecified atom stereocenters. The molecular formula is C37H35ClN2O6. The van der Waals surface area contributed by atoms with Crippen molar-refractivity contribution in [3.8, 4) is 0 Å². The summed E-state index contributed by atoms with van der Waals surface area (Å²) in [5.74, 6) is -3.35. The number of hydrogen-bond acceptors (Lipinski definition) is 6. The summed E-state index contributed by atoms with van der Waals surface area (Å²) in [5, 5.41) is 10.4. The number of allylic oxidation sites excluding steroid dienone is 2. The summed E-state index contributed by atoms with van der Waals surface area (Å²) in [6.07, 6.45) is 7.40. The number of carbonyl (C=O) groups excluding carboxylic acids is 4. The molecule has 46 heavy (non-hydrogen) atoms. The number of furan rings is 1. The fraction of sp³-hybridized carbons (Fsp3) is 0.405. The van der Waals surface area contributed by atoms with Crippen molar-refractivity contribution < 1.29 is 28.7 Å². The van der Waals surface area contributed by atoms with Crippen LogP contribution in [0.3, 0.4) is 0 Å². The summed E-state index contributed by atoms with van der Waals surface area (Å²) >= 11 is 6.36. The van der Waals surface area contributed by atoms with Crippen molar-refractivity contribution in [3.05, 3.63) is 100 Å². The highest BCUT2D eigenvalue weighted by atomic mass is 35.5. The van der Waals surface area contributed by atoms with Crippen molar-refractivity contribution in [1.82, 2.24) is 4.90 Å². The topological polar surface area (TPSA) is 108 Å². The number of carbonyl (C=O) groups is 4. The maximum absolute atomic E-state index is 15.1. The van der Waals surface area contributed by atoms with Crippen LogP contribution in [0, 0.1) is 23.7 Å². The molecule has 2 saturated heterocycles. The Balaban J connectivity index is 1.32. The fourth-order valence-corrected chi connectivity index (χ4v) is 9.59. The summed E-state index contributed by atoms with van der Waals surface area (Å²) < 4.78 is 6.24. The fourth-order valence-electron chi connectivity index (χ4n) is 9.41. The molecule has 5 aliphatic rings. The predicted octanol–water partition coefficient (Wildman–Crippen LogP) is 5.92. The van der Waals surface area contributed by atoms with Crippen LogP contribution in [-0.2, 0) is 31.2 Å². The van der Waals surface area contributed by atoms with Gasteiger partial charge in [0.25, 0.3) is 0 Å². The molecule has 3 heterocycles. The van der Waals surface area contributed by atoms with Crippen LogP contribution >= 0.6 is 11.6 Å². The molecule has 3 aromatic rings. The van der Waals surface area contributed by atoms with E-state index in [0.29, 0.717) is 34.2 Å². The number of amides is 4. The van der Waals surface area contributed by atoms with E-state index >= 15 is 4.79 Å². The van der Waals surface area contributed by atoms with Gasteiger partial charge in [-0.2, -0.15) is 0 Å². The summed E-state index contributed by atoms with van der Waals surface area (Å²) in [6.45, 7) is -0.327. The van der Waals surface area contributed by atoms with Gasteiger partial charge in [-0.15, -0.1) is 0 Å². The highest BCUT2D eigenvalue weighted by molar-refractivity contribution is 6.32. The van der Waals surface area contributed by atoms with E-state index in [4.69, 9.17) is 16.0 Å². The Kier molecular flexibility index (Phi) is 7.07. The zero-order chi connectivity index (χ0) is 31.7. The van der Waals surface area contributed by atoms with Crippen LogP contribution in [0.4, 0.5) is 5.69 Å². The van der Waals surface area contributed by atoms with Crippen LogP contribution in [0.5, 0.6) is 0 Å². The van der Waals surface area contributed by atoms with Gasteiger partial charge >= 0.3 is 0 Å². The van der Waals surface area contributed by atoms with Crippen molar-refractivity contribution in [2.75, 3.05) is 4.90 Å². The third-order valence-corrected chi connectivity index (χ3v) is 11.5. The van der Waals surface area contributed by atoms with Gasteiger partial charge in [-0.25, -0.2) is 4.90 Å². The molecule has 2 saturated carbocycles. The van der Waals surface area contributed by atoms with E-state index in [9.17, 15) is 19.5 Å². The molecule has 6 atom stereocenters. The van der Waals surface area contributed by atoms with Gasteiger partial charge in [-0.05, 0) is 67.5 Å². The first kappa shape index (κ1) is 29.4. The number of benzene rings is 2. The van der Waals surface area contributed by atoms with E-state index in [1.165, 1.54) is 4.90 Å². The first-order valence-electron chi connectivity index (χ1n) is 16.3. The van der Waals surface area contributed by atoms with E-state index in [0.717, 1.165) is 37.7 Å². The van der Waals surface area contributed by atoms with Gasteiger partial charge in [0.05, 0.1) is 29.4 Å². The second-order valence-corrected chi connectivity index (χ2v) is 13.8. The van der Waals surface area contributed by atoms with Crippen LogP contribution in [0.1, 0.15) is 67.9 Å². The molecule has 0 spiro atoms. The second-order valence-electron chi connectivity index (χ2n) is 13.4. The van der Waals surface area contributed by atoms with Crippen molar-refractivity contribution in [2.45, 2.75) is 68.9 Å². The molecule has 0 radical (unpaired) electrons. The van der Waals surface area contributed by atoms with Crippen LogP contribution in [-0.4, -0.2) is 39.7 Å². The molecule has 3 aliphatic carbocycles. The number of hydrogen-bond donors (Lipinski definition) is 1. The Morgan fingerprint density at radius 3 is 2.37 bits per heavy atom. The molecule has 2 aromatic carbocycles. The van der Waals surface area contributed by atoms with Crippen molar-refractivity contribution in [2.24, 2.45) is 23.7 Å². The first-order valence-corrected chi connectivity index (χ1v) is 16.7. The van der Waals surface area contributed by atoms with Crippen LogP contribution < -0.4 is 4.90 Å². The molecule has 2 aliphatic heterocycles. The summed E-state index contributed by atoms with van der Waals surface area (Å²) in [4.78, 5) is 60.9. The largest absolute Gasteiger partial charge is 0.463 e. The molecule has 8 nitrogen and oxygen atoms in total. The summed E-state index contributed by atoms with van der Waals surface area (Å²) in [5.41, 5.74) is 0.511. The van der Waals surface area contributed by atoms with E-state index in [2.05, 4.69) is 0 Å². The number of anilines is 1. The number of likely N-dealkylation sites (tertiary alicyclic amines) is 1. The highest BCUT2D eigenvalue weighted by Gasteiger charge is 2.71. The minimum absolute atomic E-state index is 0.0872. The third-order valence-electron chi connectivity index (χ3n) is 11.3. The van der Waals surface area contributed by atoms with Crippen LogP contribution in [0.15, 0.2) is 82.8 Å². The number of aliphatic hydroxyl groups is 1. The molecule has 236 valence electrons. The zero-order valence-corrected chi connectivity index (χ0v) is 26.1. The van der Waals surface area contributed by atoms with Crippen LogP contribution in [0.2, 0.25) is 5.02 Å². The number of nitrogens with zero attached hydrogens (tertiary/aromatic N) is 2. The minimum atomic E-state index is -1.39. The normalized spacial score (nSPS) is 31.2. The number of halogens is 1. The van der Waals surface area contributed by atoms with E-state index in [1.54, 1.807) is 41.3 Å². The Bertz CT molecular complexity index is 1780. The SMILES string of the molecule is O=C1[C@@H]2C[C@@H]3C(=CC[C@@H]4C(=O)N(C5CCCCC5)C(=O)[C@@H]43)[C@H](c3ccc(CO)o3)[C@]2(c2ccccc2)C(=O)N1c1cccc(Cl)c1. The zero-order valence-electron chi connectivity index (χ0n) is 25.3. The average molecular weight is 639 g/mol. The number of aliphatic hydroxyl groups excluding tert-OH is 1. The monoisotopic (exact) mass is 638 g/mol. The van der Waals surface area contributed by atoms with E-state index in [1.807, 2.05) is 36.4 Å². The highest BCUT2D eigenvalue weighted by Crippen LogP contribution is 2.64. The average Bonchev–Trinajstić information content (AvgIpc) is 3.72. The lowest BCUT2D eigenvalue weighted by molar-refractivity contribution is -0.144.